The molecule has 1 fully saturated rings. The van der Waals surface area contributed by atoms with Crippen LogP contribution in [0.1, 0.15) is 28.8 Å². The minimum Gasteiger partial charge on any atom is -0.481 e. The number of hydrogen-bond donors (Lipinski definition) is 3. The molecular weight excluding hydrogens is 350 g/mol. The van der Waals surface area contributed by atoms with Crippen LogP contribution in [0, 0.1) is 0 Å². The van der Waals surface area contributed by atoms with E-state index in [1.807, 2.05) is 0 Å². The van der Waals surface area contributed by atoms with Crippen LogP contribution in [0.3, 0.4) is 0 Å². The minimum absolute atomic E-state index is 0.109. The minimum atomic E-state index is -1.01. The highest BCUT2D eigenvalue weighted by molar-refractivity contribution is 8.26. The fourth-order valence-corrected chi connectivity index (χ4v) is 3.09. The lowest BCUT2D eigenvalue weighted by Gasteiger charge is -2.03. The van der Waals surface area contributed by atoms with Crippen LogP contribution in [0.2, 0.25) is 0 Å². The Morgan fingerprint density at radius 2 is 1.83 bits per heavy atom. The first-order chi connectivity index (χ1) is 11.4. The van der Waals surface area contributed by atoms with Gasteiger partial charge >= 0.3 is 11.9 Å². The summed E-state index contributed by atoms with van der Waals surface area (Å²) in [6.45, 7) is 0. The first kappa shape index (κ1) is 17.9. The van der Waals surface area contributed by atoms with E-state index >= 15 is 0 Å². The van der Waals surface area contributed by atoms with Gasteiger partial charge in [-0.05, 0) is 29.7 Å². The average molecular weight is 363 g/mol. The molecule has 0 bridgehead atoms. The van der Waals surface area contributed by atoms with E-state index in [1.54, 1.807) is 24.3 Å². The fraction of sp³-hybridized carbons (Fsp3) is 0.125. The zero-order chi connectivity index (χ0) is 17.7. The summed E-state index contributed by atoms with van der Waals surface area (Å²) < 4.78 is 0.335. The summed E-state index contributed by atoms with van der Waals surface area (Å²) in [5.74, 6) is -2.31. The molecule has 0 aromatic heterocycles. The van der Waals surface area contributed by atoms with Crippen LogP contribution in [0.5, 0.6) is 0 Å². The number of amides is 1. The molecule has 24 heavy (non-hydrogen) atoms. The van der Waals surface area contributed by atoms with E-state index in [9.17, 15) is 14.4 Å². The van der Waals surface area contributed by atoms with E-state index in [-0.39, 0.29) is 24.3 Å². The second-order valence-corrected chi connectivity index (χ2v) is 6.54. The van der Waals surface area contributed by atoms with Gasteiger partial charge in [0, 0.05) is 6.42 Å². The van der Waals surface area contributed by atoms with Crippen molar-refractivity contribution in [3.05, 3.63) is 51.9 Å². The molecule has 124 valence electrons. The number of hydrogen-bond acceptors (Lipinski definition) is 5. The van der Waals surface area contributed by atoms with Crippen LogP contribution in [-0.2, 0) is 9.59 Å². The van der Waals surface area contributed by atoms with Gasteiger partial charge in [0.15, 0.2) is 0 Å². The third-order valence-corrected chi connectivity index (χ3v) is 4.44. The molecule has 0 spiro atoms. The normalized spacial score (nSPS) is 16.3. The van der Waals surface area contributed by atoms with Gasteiger partial charge in [0.05, 0.1) is 10.5 Å². The van der Waals surface area contributed by atoms with Gasteiger partial charge < -0.3 is 15.5 Å². The molecule has 0 atom stereocenters. The third-order valence-electron chi connectivity index (χ3n) is 3.15. The largest absolute Gasteiger partial charge is 0.481 e. The van der Waals surface area contributed by atoms with Gasteiger partial charge in [0.25, 0.3) is 5.91 Å². The van der Waals surface area contributed by atoms with E-state index in [2.05, 4.69) is 5.32 Å². The second kappa shape index (κ2) is 7.89. The highest BCUT2D eigenvalue weighted by Gasteiger charge is 2.25. The quantitative estimate of drug-likeness (QED) is 0.527. The summed E-state index contributed by atoms with van der Waals surface area (Å²) in [6, 6.07) is 6.20. The predicted molar refractivity (Wildman–Crippen MR) is 94.7 cm³/mol. The topological polar surface area (TPSA) is 104 Å². The number of aromatic carboxylic acids is 1. The highest BCUT2D eigenvalue weighted by atomic mass is 32.2. The van der Waals surface area contributed by atoms with Crippen molar-refractivity contribution < 1.29 is 24.6 Å². The lowest BCUT2D eigenvalue weighted by molar-refractivity contribution is -0.137. The van der Waals surface area contributed by atoms with Crippen LogP contribution in [0.25, 0.3) is 6.08 Å². The van der Waals surface area contributed by atoms with E-state index in [4.69, 9.17) is 22.4 Å². The summed E-state index contributed by atoms with van der Waals surface area (Å²) in [7, 11) is 0. The van der Waals surface area contributed by atoms with E-state index in [0.717, 1.165) is 17.3 Å². The van der Waals surface area contributed by atoms with E-state index < -0.39 is 11.9 Å². The Bertz CT molecular complexity index is 765. The first-order valence-electron chi connectivity index (χ1n) is 6.86. The first-order valence-corrected chi connectivity index (χ1v) is 8.09. The maximum absolute atomic E-state index is 11.9. The molecule has 6 nitrogen and oxygen atoms in total. The molecule has 0 saturated carbocycles. The molecule has 1 aromatic carbocycles. The summed E-state index contributed by atoms with van der Waals surface area (Å²) in [6.07, 6.45) is 3.44. The molecule has 0 unspecified atom stereocenters. The van der Waals surface area contributed by atoms with Crippen LogP contribution in [0.15, 0.2) is 40.8 Å². The van der Waals surface area contributed by atoms with Crippen LogP contribution >= 0.6 is 24.0 Å². The highest BCUT2D eigenvalue weighted by Crippen LogP contribution is 2.30. The molecule has 1 aliphatic heterocycles. The second-order valence-electron chi connectivity index (χ2n) is 4.85. The van der Waals surface area contributed by atoms with Crippen molar-refractivity contribution in [1.82, 2.24) is 5.32 Å². The zero-order valence-corrected chi connectivity index (χ0v) is 13.9. The van der Waals surface area contributed by atoms with Gasteiger partial charge in [-0.25, -0.2) is 4.79 Å². The number of allylic oxidation sites excluding steroid dienone is 2. The van der Waals surface area contributed by atoms with Crippen molar-refractivity contribution >= 4 is 52.2 Å². The average Bonchev–Trinajstić information content (AvgIpc) is 2.86. The van der Waals surface area contributed by atoms with Crippen molar-refractivity contribution in [2.24, 2.45) is 0 Å². The van der Waals surface area contributed by atoms with Crippen molar-refractivity contribution in [2.75, 3.05) is 0 Å². The van der Waals surface area contributed by atoms with Crippen LogP contribution in [-0.4, -0.2) is 32.4 Å². The Morgan fingerprint density at radius 1 is 1.17 bits per heavy atom. The Labute approximate surface area is 147 Å². The van der Waals surface area contributed by atoms with Gasteiger partial charge in [0.2, 0.25) is 0 Å². The Balaban J connectivity index is 2.26. The maximum atomic E-state index is 11.9. The number of rotatable bonds is 6. The van der Waals surface area contributed by atoms with Crippen LogP contribution in [0.4, 0.5) is 0 Å². The summed E-state index contributed by atoms with van der Waals surface area (Å²) in [4.78, 5) is 33.9. The van der Waals surface area contributed by atoms with Crippen molar-refractivity contribution in [2.45, 2.75) is 12.8 Å². The zero-order valence-electron chi connectivity index (χ0n) is 12.3. The SMILES string of the molecule is O=C(O)CCC(/C=C/c1ccc(C(=O)O)cc1)=C1\SC(=S)NC1=O. The summed E-state index contributed by atoms with van der Waals surface area (Å²) in [5, 5.41) is 20.2. The number of carboxylic acids is 2. The molecule has 3 N–H and O–H groups in total. The molecular formula is C16H13NO5S2. The van der Waals surface area contributed by atoms with Crippen LogP contribution < -0.4 is 5.32 Å². The molecule has 2 rings (SSSR count). The fourth-order valence-electron chi connectivity index (χ4n) is 1.97. The van der Waals surface area contributed by atoms with Crippen molar-refractivity contribution in [1.29, 1.82) is 0 Å². The van der Waals surface area contributed by atoms with Gasteiger partial charge in [-0.2, -0.15) is 0 Å². The van der Waals surface area contributed by atoms with Gasteiger partial charge in [-0.3, -0.25) is 9.59 Å². The standard InChI is InChI=1S/C16H13NO5S2/c18-12(19)8-7-10(13-14(20)17-16(23)24-13)4-1-9-2-5-11(6-3-9)15(21)22/h1-6H,7-8H2,(H,18,19)(H,21,22)(H,17,20,23)/b4-1+,13-10-. The molecule has 1 heterocycles. The molecule has 1 aliphatic rings. The molecule has 0 radical (unpaired) electrons. The van der Waals surface area contributed by atoms with Gasteiger partial charge in [0.1, 0.15) is 4.32 Å². The Hall–Kier alpha value is -2.45. The third kappa shape index (κ3) is 4.77. The molecule has 0 aliphatic carbocycles. The molecule has 1 saturated heterocycles. The lowest BCUT2D eigenvalue weighted by atomic mass is 10.1. The number of carbonyl (C=O) groups excluding carboxylic acids is 1. The number of nitrogens with one attached hydrogen (secondary N) is 1. The summed E-state index contributed by atoms with van der Waals surface area (Å²) in [5.41, 5.74) is 1.48. The van der Waals surface area contributed by atoms with Gasteiger partial charge in [-0.15, -0.1) is 0 Å². The number of benzene rings is 1. The summed E-state index contributed by atoms with van der Waals surface area (Å²) >= 11 is 6.05. The number of carboxylic acid groups (broad SMARTS) is 2. The molecule has 8 heteroatoms. The molecule has 1 aromatic rings. The maximum Gasteiger partial charge on any atom is 0.335 e. The number of carbonyl (C=O) groups is 3. The Morgan fingerprint density at radius 3 is 2.33 bits per heavy atom. The lowest BCUT2D eigenvalue weighted by Crippen LogP contribution is -2.18. The monoisotopic (exact) mass is 363 g/mol. The van der Waals surface area contributed by atoms with E-state index in [1.165, 1.54) is 12.1 Å². The molecule has 1 amide bonds. The number of aliphatic carboxylic acids is 1. The predicted octanol–water partition coefficient (Wildman–Crippen LogP) is 2.66. The number of thioether (sulfide) groups is 1. The van der Waals surface area contributed by atoms with Crippen molar-refractivity contribution in [3.8, 4) is 0 Å². The van der Waals surface area contributed by atoms with Crippen molar-refractivity contribution in [3.63, 3.8) is 0 Å². The smallest absolute Gasteiger partial charge is 0.335 e. The van der Waals surface area contributed by atoms with E-state index in [0.29, 0.717) is 14.8 Å². The van der Waals surface area contributed by atoms with Gasteiger partial charge in [-0.1, -0.05) is 48.3 Å². The number of thiocarbonyl (C=S) groups is 1. The Kier molecular flexibility index (Phi) is 5.88.